The Morgan fingerprint density at radius 1 is 0.390 bits per heavy atom. The van der Waals surface area contributed by atoms with E-state index in [1.807, 2.05) is 48.5 Å². The van der Waals surface area contributed by atoms with Gasteiger partial charge in [0.1, 0.15) is 6.10 Å². The van der Waals surface area contributed by atoms with Crippen molar-refractivity contribution >= 4 is 0 Å². The average molecular weight is 593 g/mol. The molecular weight excluding hydrogens is 520 g/mol. The Morgan fingerprint density at radius 2 is 0.756 bits per heavy atom. The summed E-state index contributed by atoms with van der Waals surface area (Å²) >= 11 is 0. The minimum Gasteiger partial charge on any atom is -0.370 e. The Hall–Kier alpha value is -0.280. The van der Waals surface area contributed by atoms with Gasteiger partial charge in [-0.05, 0) is 61.3 Å². The highest BCUT2D eigenvalue weighted by Crippen LogP contribution is 2.28. The SMILES string of the molecule is CCCCCCCCC(OCC)C(OCC)(OCC)OCC.CCCCCCCCCC(OCC)(OCC)OCC. The number of unbranched alkanes of at least 4 members (excludes halogenated alkanes) is 11. The zero-order valence-electron chi connectivity index (χ0n) is 29.0. The smallest absolute Gasteiger partial charge is 0.310 e. The van der Waals surface area contributed by atoms with E-state index in [4.69, 9.17) is 33.2 Å². The van der Waals surface area contributed by atoms with Gasteiger partial charge in [-0.1, -0.05) is 90.9 Å². The van der Waals surface area contributed by atoms with E-state index in [1.165, 1.54) is 70.6 Å². The fourth-order valence-corrected chi connectivity index (χ4v) is 4.98. The summed E-state index contributed by atoms with van der Waals surface area (Å²) in [6, 6.07) is 0. The van der Waals surface area contributed by atoms with E-state index in [0.29, 0.717) is 46.2 Å². The Labute approximate surface area is 256 Å². The second kappa shape index (κ2) is 31.2. The maximum absolute atomic E-state index is 5.92. The summed E-state index contributed by atoms with van der Waals surface area (Å²) in [5, 5.41) is 0. The Balaban J connectivity index is 0. The summed E-state index contributed by atoms with van der Waals surface area (Å²) in [5.41, 5.74) is 0. The molecule has 0 aromatic heterocycles. The Morgan fingerprint density at radius 3 is 1.12 bits per heavy atom. The van der Waals surface area contributed by atoms with Crippen LogP contribution in [0.4, 0.5) is 0 Å². The van der Waals surface area contributed by atoms with Gasteiger partial charge in [-0.15, -0.1) is 0 Å². The molecule has 0 N–H and O–H groups in total. The first-order chi connectivity index (χ1) is 19.9. The standard InChI is InChI=1S/C18H38O4.C16H34O3/c1-6-11-12-13-14-15-16-17(19-7-2)18(20-8-3,21-9-4)22-10-5;1-5-9-10-11-12-13-14-15-16(17-6-2,18-7-3)19-8-4/h17H,6-16H2,1-5H3;5-15H2,1-4H3. The van der Waals surface area contributed by atoms with Crippen molar-refractivity contribution in [2.45, 2.75) is 177 Å². The predicted octanol–water partition coefficient (Wildman–Crippen LogP) is 9.80. The lowest BCUT2D eigenvalue weighted by Gasteiger charge is -2.38. The molecule has 0 radical (unpaired) electrons. The lowest BCUT2D eigenvalue weighted by molar-refractivity contribution is -0.415. The number of rotatable bonds is 30. The van der Waals surface area contributed by atoms with Gasteiger partial charge >= 0.3 is 5.97 Å². The lowest BCUT2D eigenvalue weighted by Crippen LogP contribution is -2.51. The summed E-state index contributed by atoms with van der Waals surface area (Å²) in [6.07, 6.45) is 18.1. The Bertz CT molecular complexity index is 469. The van der Waals surface area contributed by atoms with Gasteiger partial charge in [0, 0.05) is 52.7 Å². The zero-order chi connectivity index (χ0) is 31.1. The number of ether oxygens (including phenoxy) is 7. The summed E-state index contributed by atoms with van der Waals surface area (Å²) < 4.78 is 40.6. The topological polar surface area (TPSA) is 64.6 Å². The van der Waals surface area contributed by atoms with Gasteiger partial charge in [0.2, 0.25) is 0 Å². The first kappa shape index (κ1) is 42.9. The molecule has 0 saturated carbocycles. The van der Waals surface area contributed by atoms with E-state index in [-0.39, 0.29) is 6.10 Å². The van der Waals surface area contributed by atoms with Crippen molar-refractivity contribution in [1.29, 1.82) is 0 Å². The van der Waals surface area contributed by atoms with Crippen molar-refractivity contribution in [3.05, 3.63) is 0 Å². The van der Waals surface area contributed by atoms with Crippen LogP contribution in [0.3, 0.4) is 0 Å². The second-order valence-corrected chi connectivity index (χ2v) is 10.3. The van der Waals surface area contributed by atoms with E-state index in [2.05, 4.69) is 13.8 Å². The third-order valence-electron chi connectivity index (χ3n) is 6.80. The highest BCUT2D eigenvalue weighted by molar-refractivity contribution is 4.73. The molecule has 7 nitrogen and oxygen atoms in total. The highest BCUT2D eigenvalue weighted by Gasteiger charge is 2.42. The molecule has 1 unspecified atom stereocenters. The molecule has 0 amide bonds. The van der Waals surface area contributed by atoms with Crippen LogP contribution in [-0.4, -0.2) is 64.3 Å². The van der Waals surface area contributed by atoms with Gasteiger partial charge in [-0.2, -0.15) is 0 Å². The van der Waals surface area contributed by atoms with Crippen LogP contribution >= 0.6 is 0 Å². The first-order valence-electron chi connectivity index (χ1n) is 17.4. The summed E-state index contributed by atoms with van der Waals surface area (Å²) in [5.74, 6) is -1.86. The largest absolute Gasteiger partial charge is 0.370 e. The van der Waals surface area contributed by atoms with Crippen LogP contribution in [0.2, 0.25) is 0 Å². The van der Waals surface area contributed by atoms with E-state index >= 15 is 0 Å². The molecule has 0 aromatic carbocycles. The molecule has 0 spiro atoms. The van der Waals surface area contributed by atoms with Crippen molar-refractivity contribution in [3.8, 4) is 0 Å². The molecule has 0 fully saturated rings. The molecule has 0 rings (SSSR count). The van der Waals surface area contributed by atoms with Crippen LogP contribution in [0.15, 0.2) is 0 Å². The lowest BCUT2D eigenvalue weighted by atomic mass is 10.1. The van der Waals surface area contributed by atoms with Crippen LogP contribution in [0.25, 0.3) is 0 Å². The molecule has 0 aliphatic rings. The normalized spacial score (nSPS) is 12.8. The van der Waals surface area contributed by atoms with Crippen molar-refractivity contribution in [2.24, 2.45) is 0 Å². The number of hydrogen-bond acceptors (Lipinski definition) is 7. The number of hydrogen-bond donors (Lipinski definition) is 0. The molecule has 7 heteroatoms. The Kier molecular flexibility index (Phi) is 32.6. The predicted molar refractivity (Wildman–Crippen MR) is 171 cm³/mol. The van der Waals surface area contributed by atoms with Gasteiger partial charge in [0.05, 0.1) is 0 Å². The van der Waals surface area contributed by atoms with E-state index < -0.39 is 11.9 Å². The molecule has 250 valence electrons. The molecule has 1 atom stereocenters. The first-order valence-corrected chi connectivity index (χ1v) is 17.4. The quantitative estimate of drug-likeness (QED) is 0.0607. The van der Waals surface area contributed by atoms with Crippen molar-refractivity contribution < 1.29 is 33.2 Å². The molecule has 0 saturated heterocycles. The third-order valence-corrected chi connectivity index (χ3v) is 6.80. The maximum atomic E-state index is 5.92. The zero-order valence-corrected chi connectivity index (χ0v) is 29.0. The molecule has 0 aliphatic carbocycles. The van der Waals surface area contributed by atoms with Crippen LogP contribution < -0.4 is 0 Å². The van der Waals surface area contributed by atoms with Gasteiger partial charge in [-0.25, -0.2) is 0 Å². The molecule has 0 heterocycles. The monoisotopic (exact) mass is 593 g/mol. The third kappa shape index (κ3) is 22.0. The minimum atomic E-state index is -1.06. The molecule has 0 aliphatic heterocycles. The highest BCUT2D eigenvalue weighted by atomic mass is 16.9. The van der Waals surface area contributed by atoms with Gasteiger partial charge < -0.3 is 33.2 Å². The summed E-state index contributed by atoms with van der Waals surface area (Å²) in [7, 11) is 0. The molecule has 41 heavy (non-hydrogen) atoms. The van der Waals surface area contributed by atoms with Gasteiger partial charge in [0.15, 0.2) is 0 Å². The minimum absolute atomic E-state index is 0.177. The molecule has 0 aromatic rings. The second-order valence-electron chi connectivity index (χ2n) is 10.3. The molecule has 0 bridgehead atoms. The van der Waals surface area contributed by atoms with E-state index in [9.17, 15) is 0 Å². The van der Waals surface area contributed by atoms with Gasteiger partial charge in [-0.3, -0.25) is 0 Å². The van der Waals surface area contributed by atoms with Crippen LogP contribution in [-0.2, 0) is 33.2 Å². The van der Waals surface area contributed by atoms with Crippen molar-refractivity contribution in [1.82, 2.24) is 0 Å². The average Bonchev–Trinajstić information content (AvgIpc) is 2.95. The van der Waals surface area contributed by atoms with Gasteiger partial charge in [0.25, 0.3) is 5.97 Å². The van der Waals surface area contributed by atoms with Crippen LogP contribution in [0.5, 0.6) is 0 Å². The fourth-order valence-electron chi connectivity index (χ4n) is 4.98. The van der Waals surface area contributed by atoms with Crippen LogP contribution in [0, 0.1) is 0 Å². The molecular formula is C34H72O7. The fraction of sp³-hybridized carbons (Fsp3) is 1.00. The van der Waals surface area contributed by atoms with Crippen molar-refractivity contribution in [2.75, 3.05) is 46.2 Å². The van der Waals surface area contributed by atoms with Crippen molar-refractivity contribution in [3.63, 3.8) is 0 Å². The van der Waals surface area contributed by atoms with E-state index in [0.717, 1.165) is 25.7 Å². The van der Waals surface area contributed by atoms with E-state index in [1.54, 1.807) is 0 Å². The summed E-state index contributed by atoms with van der Waals surface area (Å²) in [4.78, 5) is 0. The summed E-state index contributed by atoms with van der Waals surface area (Å²) in [6.45, 7) is 22.4. The maximum Gasteiger partial charge on any atom is 0.310 e. The van der Waals surface area contributed by atoms with Crippen LogP contribution in [0.1, 0.15) is 159 Å².